The molecule has 0 spiro atoms. The topological polar surface area (TPSA) is 264 Å². The maximum atomic E-state index is 10.3. The minimum atomic E-state index is -4.61. The van der Waals surface area contributed by atoms with Crippen LogP contribution >= 0.6 is 0 Å². The molecule has 204 valence electrons. The predicted octanol–water partition coefficient (Wildman–Crippen LogP) is -4.49. The van der Waals surface area contributed by atoms with Crippen LogP contribution in [0.5, 0.6) is 0 Å². The van der Waals surface area contributed by atoms with E-state index in [0.717, 1.165) is 51.4 Å². The number of aliphatic hydroxyl groups excluding tert-OH is 1. The van der Waals surface area contributed by atoms with Crippen LogP contribution in [-0.4, -0.2) is 165 Å². The first-order chi connectivity index (χ1) is 12.2. The molecule has 0 saturated carbocycles. The zero-order chi connectivity index (χ0) is 20.3. The molecule has 11 nitrogen and oxygen atoms in total. The highest BCUT2D eigenvalue weighted by molar-refractivity contribution is 6.46. The molecule has 0 heterocycles. The van der Waals surface area contributed by atoms with E-state index in [1.807, 2.05) is 0 Å². The van der Waals surface area contributed by atoms with Gasteiger partial charge in [-0.15, -0.1) is 0 Å². The van der Waals surface area contributed by atoms with Crippen LogP contribution in [0.3, 0.4) is 0 Å². The van der Waals surface area contributed by atoms with E-state index in [1.165, 1.54) is 25.7 Å². The van der Waals surface area contributed by atoms with E-state index in [-0.39, 0.29) is 120 Å². The van der Waals surface area contributed by atoms with Crippen molar-refractivity contribution in [2.75, 3.05) is 0 Å². The van der Waals surface area contributed by atoms with Gasteiger partial charge in [0.25, 0.3) is 0 Å². The summed E-state index contributed by atoms with van der Waals surface area (Å²) in [5.41, 5.74) is 0. The first-order valence-corrected chi connectivity index (χ1v) is 11.4. The number of aliphatic hydroxyl groups is 1. The molecule has 0 radical (unpaired) electrons. The lowest BCUT2D eigenvalue weighted by atomic mass is 10.1. The van der Waals surface area contributed by atoms with Gasteiger partial charge in [-0.2, -0.15) is 0 Å². The largest absolute Gasteiger partial charge is 0.668 e. The Bertz CT molecular complexity index is 361. The number of carboxylic acids is 1. The molecule has 0 aromatic rings. The van der Waals surface area contributed by atoms with Crippen molar-refractivity contribution in [1.29, 1.82) is 0 Å². The number of unbranched alkanes of at least 4 members (excludes halogenated alkanes) is 8. The Balaban J connectivity index is -0.0000000503. The van der Waals surface area contributed by atoms with E-state index in [1.54, 1.807) is 0 Å². The predicted molar refractivity (Wildman–Crippen MR) is 152 cm³/mol. The molecule has 0 aromatic heterocycles. The van der Waals surface area contributed by atoms with Crippen molar-refractivity contribution >= 4 is 107 Å². The standard InChI is InChI=1S/C18H34O3.4Mg.H4O4Si.4H2O.8H/c1-2-3-4-11-14-17(19)15-12-9-7-5-6-8-10-13-16-18(20)21;;;;;1-5(2,3)4;;;;;;;;;;;;/h9,12,17,19H,2-8,10-11,13-16H2,1H3,(H,20,21);;;;;1-4H;4*1H2;;;;;;;;/b12-9-;;;;;;;;;;;;;;;;;. The van der Waals surface area contributed by atoms with Crippen LogP contribution in [0.2, 0.25) is 0 Å². The molecule has 0 aromatic carbocycles. The van der Waals surface area contributed by atoms with E-state index in [2.05, 4.69) is 19.1 Å². The Morgan fingerprint density at radius 2 is 1.15 bits per heavy atom. The van der Waals surface area contributed by atoms with Crippen LogP contribution in [0.25, 0.3) is 0 Å². The molecule has 0 saturated heterocycles. The second-order valence-corrected chi connectivity index (χ2v) is 7.71. The molecule has 0 rings (SSSR count). The van der Waals surface area contributed by atoms with Gasteiger partial charge in [-0.3, -0.25) is 4.79 Å². The van der Waals surface area contributed by atoms with E-state index < -0.39 is 15.0 Å². The average molecular weight is 572 g/mol. The molecule has 0 bridgehead atoms. The number of allylic oxidation sites excluding steroid dienone is 1. The van der Waals surface area contributed by atoms with Crippen LogP contribution in [0.1, 0.15) is 90.4 Å². The van der Waals surface area contributed by atoms with Gasteiger partial charge in [0.15, 0.2) is 0 Å². The number of aliphatic carboxylic acids is 1. The summed E-state index contributed by atoms with van der Waals surface area (Å²) in [6.45, 7) is 2.20. The SMILES string of the molecule is CCCCCCC(O)C/C=C\CCCCCCCC(=O)O.O.O.O.O.O[Si](O)(O)O.[MgH2].[MgH2].[MgH2].[MgH2]. The Hall–Kier alpha value is 2.13. The summed E-state index contributed by atoms with van der Waals surface area (Å²) < 4.78 is 0. The van der Waals surface area contributed by atoms with Crippen LogP contribution in [0.15, 0.2) is 12.2 Å². The van der Waals surface area contributed by atoms with Gasteiger partial charge < -0.3 is 51.3 Å². The Labute approximate surface area is 269 Å². The molecule has 1 atom stereocenters. The highest BCUT2D eigenvalue weighted by Gasteiger charge is 2.22. The second-order valence-electron chi connectivity index (χ2n) is 6.51. The first-order valence-electron chi connectivity index (χ1n) is 9.61. The van der Waals surface area contributed by atoms with Crippen molar-refractivity contribution in [3.63, 3.8) is 0 Å². The molecule has 0 amide bonds. The Morgan fingerprint density at radius 1 is 0.735 bits per heavy atom. The minimum absolute atomic E-state index is 0. The van der Waals surface area contributed by atoms with Gasteiger partial charge in [0, 0.05) is 6.42 Å². The summed E-state index contributed by atoms with van der Waals surface area (Å²) in [6, 6.07) is 0. The van der Waals surface area contributed by atoms with Crippen molar-refractivity contribution in [3.8, 4) is 0 Å². The molecular weight excluding hydrogens is 517 g/mol. The summed E-state index contributed by atoms with van der Waals surface area (Å²) >= 11 is 0. The monoisotopic (exact) mass is 570 g/mol. The third-order valence-corrected chi connectivity index (χ3v) is 3.73. The Morgan fingerprint density at radius 3 is 1.59 bits per heavy atom. The average Bonchev–Trinajstić information content (AvgIpc) is 2.51. The summed E-state index contributed by atoms with van der Waals surface area (Å²) in [4.78, 5) is 39.6. The van der Waals surface area contributed by atoms with Gasteiger partial charge in [-0.1, -0.05) is 64.0 Å². The van der Waals surface area contributed by atoms with Crippen molar-refractivity contribution < 1.29 is 56.1 Å². The summed E-state index contributed by atoms with van der Waals surface area (Å²) in [7, 11) is -4.61. The molecule has 16 heteroatoms. The maximum absolute atomic E-state index is 10.3. The van der Waals surface area contributed by atoms with E-state index in [9.17, 15) is 9.90 Å². The van der Waals surface area contributed by atoms with Gasteiger partial charge in [-0.25, -0.2) is 0 Å². The number of rotatable bonds is 15. The lowest BCUT2D eigenvalue weighted by Crippen LogP contribution is -2.33. The van der Waals surface area contributed by atoms with Crippen LogP contribution in [0, 0.1) is 0 Å². The minimum Gasteiger partial charge on any atom is -0.481 e. The number of carboxylic acid groups (broad SMARTS) is 1. The zero-order valence-electron chi connectivity index (χ0n) is 18.0. The van der Waals surface area contributed by atoms with Crippen molar-refractivity contribution in [2.24, 2.45) is 0 Å². The first kappa shape index (κ1) is 65.3. The summed E-state index contributed by atoms with van der Waals surface area (Å²) in [6.07, 6.45) is 17.4. The molecule has 0 fully saturated rings. The molecule has 0 aliphatic carbocycles. The highest BCUT2D eigenvalue weighted by Crippen LogP contribution is 2.10. The van der Waals surface area contributed by atoms with Gasteiger partial charge in [0.2, 0.25) is 0 Å². The highest BCUT2D eigenvalue weighted by atomic mass is 28.4. The van der Waals surface area contributed by atoms with Crippen LogP contribution < -0.4 is 0 Å². The molecule has 0 aliphatic rings. The zero-order valence-corrected chi connectivity index (χ0v) is 19.0. The third kappa shape index (κ3) is 83.9. The van der Waals surface area contributed by atoms with Crippen molar-refractivity contribution in [2.45, 2.75) is 96.5 Å². The second kappa shape index (κ2) is 48.2. The van der Waals surface area contributed by atoms with Crippen LogP contribution in [0.4, 0.5) is 0 Å². The van der Waals surface area contributed by atoms with Gasteiger partial charge in [0.05, 0.1) is 6.10 Å². The fourth-order valence-electron chi connectivity index (χ4n) is 2.36. The lowest BCUT2D eigenvalue weighted by Gasteiger charge is -2.07. The molecular formula is C18H54Mg4O11Si. The summed E-state index contributed by atoms with van der Waals surface area (Å²) in [5.74, 6) is -0.689. The number of hydrogen-bond donors (Lipinski definition) is 6. The molecule has 14 N–H and O–H groups in total. The van der Waals surface area contributed by atoms with Crippen molar-refractivity contribution in [1.82, 2.24) is 0 Å². The normalized spacial score (nSPS) is 9.71. The molecule has 1 unspecified atom stereocenters. The third-order valence-electron chi connectivity index (χ3n) is 3.73. The quantitative estimate of drug-likeness (QED) is 0.0636. The lowest BCUT2D eigenvalue weighted by molar-refractivity contribution is -0.137. The van der Waals surface area contributed by atoms with E-state index in [4.69, 9.17) is 24.3 Å². The van der Waals surface area contributed by atoms with Crippen molar-refractivity contribution in [3.05, 3.63) is 12.2 Å². The van der Waals surface area contributed by atoms with Crippen LogP contribution in [-0.2, 0) is 4.79 Å². The smallest absolute Gasteiger partial charge is 0.481 e. The fourth-order valence-corrected chi connectivity index (χ4v) is 2.36. The number of carbonyl (C=O) groups is 1. The molecule has 0 aliphatic heterocycles. The summed E-state index contributed by atoms with van der Waals surface area (Å²) in [5, 5.41) is 18.3. The Kier molecular flexibility index (Phi) is 92.6. The van der Waals surface area contributed by atoms with Gasteiger partial charge >= 0.3 is 107 Å². The molecule has 34 heavy (non-hydrogen) atoms. The van der Waals surface area contributed by atoms with Gasteiger partial charge in [0.1, 0.15) is 0 Å². The van der Waals surface area contributed by atoms with Gasteiger partial charge in [-0.05, 0) is 32.1 Å². The van der Waals surface area contributed by atoms with E-state index >= 15 is 0 Å². The van der Waals surface area contributed by atoms with E-state index in [0.29, 0.717) is 6.42 Å². The number of hydrogen-bond acceptors (Lipinski definition) is 6. The fraction of sp³-hybridized carbons (Fsp3) is 0.833. The maximum Gasteiger partial charge on any atom is 0.668 e.